The van der Waals surface area contributed by atoms with Crippen molar-refractivity contribution in [2.24, 2.45) is 11.8 Å². The number of carbonyl (C=O) groups is 1. The smallest absolute Gasteiger partial charge is 0.172 e. The zero-order chi connectivity index (χ0) is 11.9. The van der Waals surface area contributed by atoms with Crippen LogP contribution in [-0.2, 0) is 14.3 Å². The normalized spacial score (nSPS) is 33.8. The van der Waals surface area contributed by atoms with Crippen molar-refractivity contribution in [1.82, 2.24) is 0 Å². The first-order valence-electron chi connectivity index (χ1n) is 6.38. The molecule has 0 aromatic rings. The summed E-state index contributed by atoms with van der Waals surface area (Å²) in [7, 11) is 0. The van der Waals surface area contributed by atoms with Gasteiger partial charge in [0, 0.05) is 18.8 Å². The van der Waals surface area contributed by atoms with Crippen LogP contribution in [0, 0.1) is 11.8 Å². The Morgan fingerprint density at radius 3 is 3.00 bits per heavy atom. The largest absolute Gasteiger partial charge is 0.347 e. The second kappa shape index (κ2) is 4.07. The number of hydrogen-bond donors (Lipinski definition) is 0. The number of fused-ring (bicyclic) bond motifs is 2. The third kappa shape index (κ3) is 1.69. The van der Waals surface area contributed by atoms with Crippen LogP contribution in [-0.4, -0.2) is 24.8 Å². The number of allylic oxidation sites excluding steroid dienone is 3. The van der Waals surface area contributed by atoms with E-state index in [1.807, 2.05) is 0 Å². The van der Waals surface area contributed by atoms with E-state index in [2.05, 4.69) is 12.7 Å². The molecule has 1 saturated carbocycles. The molecule has 1 saturated heterocycles. The fourth-order valence-electron chi connectivity index (χ4n) is 3.45. The standard InChI is InChI=1S/C14H18O3/c1-2-3-13(15)11-8-10-4-5-14(12(10)9-11)16-6-7-17-14/h2,8,10,12H,1,3-7,9H2/t10-,12+/m1/s1. The van der Waals surface area contributed by atoms with Crippen molar-refractivity contribution in [3.8, 4) is 0 Å². The van der Waals surface area contributed by atoms with Gasteiger partial charge in [-0.05, 0) is 24.3 Å². The number of ketones is 1. The molecule has 0 aromatic carbocycles. The second-order valence-electron chi connectivity index (χ2n) is 5.13. The number of hydrogen-bond acceptors (Lipinski definition) is 3. The number of carbonyl (C=O) groups excluding carboxylic acids is 1. The maximum atomic E-state index is 11.9. The lowest BCUT2D eigenvalue weighted by Crippen LogP contribution is -2.35. The topological polar surface area (TPSA) is 35.5 Å². The van der Waals surface area contributed by atoms with Gasteiger partial charge in [-0.3, -0.25) is 4.79 Å². The molecule has 1 heterocycles. The maximum Gasteiger partial charge on any atom is 0.172 e. The van der Waals surface area contributed by atoms with E-state index < -0.39 is 0 Å². The van der Waals surface area contributed by atoms with Crippen molar-refractivity contribution in [2.45, 2.75) is 31.5 Å². The van der Waals surface area contributed by atoms with Crippen molar-refractivity contribution in [1.29, 1.82) is 0 Å². The van der Waals surface area contributed by atoms with E-state index in [9.17, 15) is 4.79 Å². The number of Topliss-reactive ketones (excluding diaryl/α,β-unsaturated/α-hetero) is 1. The maximum absolute atomic E-state index is 11.9. The molecule has 0 unspecified atom stereocenters. The van der Waals surface area contributed by atoms with Gasteiger partial charge in [0.15, 0.2) is 11.6 Å². The van der Waals surface area contributed by atoms with Crippen molar-refractivity contribution in [3.05, 3.63) is 24.3 Å². The lowest BCUT2D eigenvalue weighted by molar-refractivity contribution is -0.182. The second-order valence-corrected chi connectivity index (χ2v) is 5.13. The predicted molar refractivity (Wildman–Crippen MR) is 63.4 cm³/mol. The molecule has 0 N–H and O–H groups in total. The molecule has 0 aromatic heterocycles. The lowest BCUT2D eigenvalue weighted by Gasteiger charge is -2.29. The Bertz CT molecular complexity index is 377. The molecule has 2 fully saturated rings. The summed E-state index contributed by atoms with van der Waals surface area (Å²) in [4.78, 5) is 11.9. The number of rotatable bonds is 3. The fourth-order valence-corrected chi connectivity index (χ4v) is 3.45. The Labute approximate surface area is 101 Å². The van der Waals surface area contributed by atoms with Crippen LogP contribution >= 0.6 is 0 Å². The van der Waals surface area contributed by atoms with Gasteiger partial charge in [-0.1, -0.05) is 12.2 Å². The van der Waals surface area contributed by atoms with Crippen LogP contribution in [0.1, 0.15) is 25.7 Å². The summed E-state index contributed by atoms with van der Waals surface area (Å²) < 4.78 is 11.6. The molecular weight excluding hydrogens is 216 g/mol. The zero-order valence-corrected chi connectivity index (χ0v) is 9.98. The van der Waals surface area contributed by atoms with Gasteiger partial charge in [0.1, 0.15) is 0 Å². The highest BCUT2D eigenvalue weighted by Gasteiger charge is 2.54. The molecule has 92 valence electrons. The Morgan fingerprint density at radius 1 is 1.53 bits per heavy atom. The summed E-state index contributed by atoms with van der Waals surface area (Å²) in [6.07, 6.45) is 7.14. The van der Waals surface area contributed by atoms with Gasteiger partial charge >= 0.3 is 0 Å². The van der Waals surface area contributed by atoms with Gasteiger partial charge in [-0.15, -0.1) is 6.58 Å². The van der Waals surface area contributed by atoms with E-state index in [0.717, 1.165) is 24.8 Å². The summed E-state index contributed by atoms with van der Waals surface area (Å²) in [6, 6.07) is 0. The van der Waals surface area contributed by atoms with Gasteiger partial charge < -0.3 is 9.47 Å². The summed E-state index contributed by atoms with van der Waals surface area (Å²) >= 11 is 0. The fraction of sp³-hybridized carbons (Fsp3) is 0.643. The molecule has 3 rings (SSSR count). The number of ether oxygens (including phenoxy) is 2. The molecule has 0 amide bonds. The van der Waals surface area contributed by atoms with Crippen LogP contribution in [0.4, 0.5) is 0 Å². The van der Waals surface area contributed by atoms with E-state index in [0.29, 0.717) is 31.5 Å². The van der Waals surface area contributed by atoms with Gasteiger partial charge in [-0.2, -0.15) is 0 Å². The summed E-state index contributed by atoms with van der Waals surface area (Å²) in [5, 5.41) is 0. The van der Waals surface area contributed by atoms with Crippen molar-refractivity contribution in [2.75, 3.05) is 13.2 Å². The minimum absolute atomic E-state index is 0.211. The SMILES string of the molecule is C=CCC(=O)C1=C[C@H]2CCC3(OCCO3)[C@H]2C1. The zero-order valence-electron chi connectivity index (χ0n) is 9.98. The first-order valence-corrected chi connectivity index (χ1v) is 6.38. The van der Waals surface area contributed by atoms with E-state index in [4.69, 9.17) is 9.47 Å². The van der Waals surface area contributed by atoms with Gasteiger partial charge in [0.05, 0.1) is 13.2 Å². The van der Waals surface area contributed by atoms with Gasteiger partial charge in [-0.25, -0.2) is 0 Å². The molecule has 3 aliphatic rings. The van der Waals surface area contributed by atoms with Crippen LogP contribution in [0.15, 0.2) is 24.3 Å². The Balaban J connectivity index is 1.75. The minimum atomic E-state index is -0.378. The Morgan fingerprint density at radius 2 is 2.29 bits per heavy atom. The first-order chi connectivity index (χ1) is 8.25. The van der Waals surface area contributed by atoms with Crippen LogP contribution in [0.2, 0.25) is 0 Å². The third-order valence-corrected chi connectivity index (χ3v) is 4.23. The molecule has 0 bridgehead atoms. The molecule has 17 heavy (non-hydrogen) atoms. The molecule has 2 aliphatic carbocycles. The lowest BCUT2D eigenvalue weighted by atomic mass is 9.94. The van der Waals surface area contributed by atoms with E-state index >= 15 is 0 Å². The molecular formula is C14H18O3. The van der Waals surface area contributed by atoms with Crippen LogP contribution in [0.3, 0.4) is 0 Å². The average Bonchev–Trinajstić information content (AvgIpc) is 3.00. The quantitative estimate of drug-likeness (QED) is 0.702. The summed E-state index contributed by atoms with van der Waals surface area (Å²) in [6.45, 7) is 5.00. The third-order valence-electron chi connectivity index (χ3n) is 4.23. The van der Waals surface area contributed by atoms with Crippen molar-refractivity contribution < 1.29 is 14.3 Å². The van der Waals surface area contributed by atoms with Crippen LogP contribution < -0.4 is 0 Å². The van der Waals surface area contributed by atoms with E-state index in [-0.39, 0.29) is 11.6 Å². The highest BCUT2D eigenvalue weighted by Crippen LogP contribution is 2.52. The highest BCUT2D eigenvalue weighted by molar-refractivity contribution is 5.96. The Hall–Kier alpha value is -0.930. The van der Waals surface area contributed by atoms with E-state index in [1.165, 1.54) is 0 Å². The van der Waals surface area contributed by atoms with Crippen molar-refractivity contribution >= 4 is 5.78 Å². The minimum Gasteiger partial charge on any atom is -0.347 e. The highest BCUT2D eigenvalue weighted by atomic mass is 16.7. The molecule has 3 nitrogen and oxygen atoms in total. The van der Waals surface area contributed by atoms with Gasteiger partial charge in [0.25, 0.3) is 0 Å². The Kier molecular flexibility index (Phi) is 2.68. The van der Waals surface area contributed by atoms with Crippen LogP contribution in [0.5, 0.6) is 0 Å². The molecule has 1 spiro atoms. The summed E-state index contributed by atoms with van der Waals surface area (Å²) in [5.41, 5.74) is 0.957. The average molecular weight is 234 g/mol. The van der Waals surface area contributed by atoms with Crippen LogP contribution in [0.25, 0.3) is 0 Å². The van der Waals surface area contributed by atoms with E-state index in [1.54, 1.807) is 6.08 Å². The van der Waals surface area contributed by atoms with Crippen molar-refractivity contribution in [3.63, 3.8) is 0 Å². The molecule has 3 heteroatoms. The molecule has 1 aliphatic heterocycles. The summed E-state index contributed by atoms with van der Waals surface area (Å²) in [5.74, 6) is 0.658. The first kappa shape index (κ1) is 11.2. The molecule has 0 radical (unpaired) electrons. The van der Waals surface area contributed by atoms with Gasteiger partial charge in [0.2, 0.25) is 0 Å². The predicted octanol–water partition coefficient (Wildman–Crippen LogP) is 2.23. The monoisotopic (exact) mass is 234 g/mol. The molecule has 2 atom stereocenters.